The van der Waals surface area contributed by atoms with Crippen molar-refractivity contribution in [1.29, 1.82) is 0 Å². The second-order valence-corrected chi connectivity index (χ2v) is 26.5. The van der Waals surface area contributed by atoms with Gasteiger partial charge in [0.15, 0.2) is 11.5 Å². The molecule has 13 nitrogen and oxygen atoms in total. The van der Waals surface area contributed by atoms with Crippen molar-refractivity contribution in [3.8, 4) is 34.8 Å². The largest absolute Gasteiger partial charge is 0.508 e. The van der Waals surface area contributed by atoms with Gasteiger partial charge in [0.05, 0.1) is 44.4 Å². The van der Waals surface area contributed by atoms with Gasteiger partial charge in [0.2, 0.25) is 0 Å². The van der Waals surface area contributed by atoms with E-state index < -0.39 is 12.3 Å². The molecule has 5 aliphatic heterocycles. The highest BCUT2D eigenvalue weighted by Crippen LogP contribution is 2.64. The van der Waals surface area contributed by atoms with Crippen LogP contribution >= 0.6 is 0 Å². The molecule has 88 heavy (non-hydrogen) atoms. The lowest BCUT2D eigenvalue weighted by molar-refractivity contribution is -0.193. The molecule has 8 bridgehead atoms. The van der Waals surface area contributed by atoms with Gasteiger partial charge in [0.25, 0.3) is 0 Å². The summed E-state index contributed by atoms with van der Waals surface area (Å²) in [6.45, 7) is 1.75. The number of nitrogens with zero attached hydrogens (tertiary/aromatic N) is 1. The standard InChI is InChI=1S/C75H85N3O10/c79-29-4-5-30-85-46-76-70-38-52-19-17-47(15-16-48-18-25-66(82)54(31-48)32-49-10-6-13-60(81)33-49)9-7-14-61-39-67(83)53-21-24-62-63(36-53)56(42-80)37-68(84)72(62)87-43-57-35-59(34-55-40-78(41-64(55)57)73(77-70)65(52)45-86-61)75-58-23-20-50-11-8-12-51(71(50)75)22-26-69(75)74(88-44-58)27-2-1-3-28-74/h6,8,10-13,18,21,24-25,31,33-35,37-38,40-41,47,53,58,61,67,69-70,76-77,79-84H,1-5,7,9,14-16,20,22-23,26-30,32,36,39,42-46H2/t47-,53-,58+,61-,67-,69-,70?,75-/m0/s1. The Hall–Kier alpha value is -6.86. The van der Waals surface area contributed by atoms with Crippen molar-refractivity contribution in [2.45, 2.75) is 165 Å². The van der Waals surface area contributed by atoms with Gasteiger partial charge in [-0.15, -0.1) is 0 Å². The molecule has 1 unspecified atom stereocenters. The number of aliphatic hydroxyl groups is 3. The number of phenols is 3. The van der Waals surface area contributed by atoms with E-state index in [4.69, 9.17) is 18.9 Å². The number of rotatable bonds is 14. The van der Waals surface area contributed by atoms with Crippen molar-refractivity contribution in [2.75, 3.05) is 33.2 Å². The summed E-state index contributed by atoms with van der Waals surface area (Å²) in [5, 5.41) is 75.6. The van der Waals surface area contributed by atoms with Gasteiger partial charge in [0, 0.05) is 89.1 Å². The maximum Gasteiger partial charge on any atom is 0.168 e. The Labute approximate surface area is 517 Å². The summed E-state index contributed by atoms with van der Waals surface area (Å²) in [7, 11) is 0. The second-order valence-electron chi connectivity index (χ2n) is 26.5. The molecule has 6 heterocycles. The van der Waals surface area contributed by atoms with Crippen LogP contribution in [0.15, 0.2) is 115 Å². The zero-order chi connectivity index (χ0) is 59.9. The Bertz CT molecular complexity index is 3730. The van der Waals surface area contributed by atoms with Gasteiger partial charge in [-0.25, -0.2) is 0 Å². The lowest BCUT2D eigenvalue weighted by Crippen LogP contribution is -2.64. The fourth-order valence-electron chi connectivity index (χ4n) is 17.0. The minimum atomic E-state index is -0.775. The molecule has 15 rings (SSSR count). The van der Waals surface area contributed by atoms with Gasteiger partial charge in [-0.3, -0.25) is 5.32 Å². The quantitative estimate of drug-likeness (QED) is 0.0293. The van der Waals surface area contributed by atoms with Gasteiger partial charge in [0.1, 0.15) is 30.1 Å². The van der Waals surface area contributed by atoms with Crippen LogP contribution in [0.25, 0.3) is 22.7 Å². The molecule has 1 saturated carbocycles. The number of hydrogen-bond acceptors (Lipinski definition) is 12. The van der Waals surface area contributed by atoms with Crippen molar-refractivity contribution in [3.05, 3.63) is 176 Å². The van der Waals surface area contributed by atoms with Crippen molar-refractivity contribution in [2.24, 2.45) is 23.7 Å². The minimum absolute atomic E-state index is 0.00744. The zero-order valence-corrected chi connectivity index (χ0v) is 50.6. The number of aromatic nitrogens is 1. The fourth-order valence-corrected chi connectivity index (χ4v) is 17.0. The summed E-state index contributed by atoms with van der Waals surface area (Å²) < 4.78 is 29.9. The van der Waals surface area contributed by atoms with E-state index in [9.17, 15) is 30.6 Å². The maximum atomic E-state index is 12.4. The molecule has 1 saturated heterocycles. The minimum Gasteiger partial charge on any atom is -0.508 e. The van der Waals surface area contributed by atoms with E-state index in [0.29, 0.717) is 50.0 Å². The van der Waals surface area contributed by atoms with Gasteiger partial charge in [-0.1, -0.05) is 91.8 Å². The van der Waals surface area contributed by atoms with E-state index in [1.165, 1.54) is 41.5 Å². The first-order chi connectivity index (χ1) is 43.1. The monoisotopic (exact) mass is 1190 g/mol. The number of hydrogen-bond donors (Lipinski definition) is 8. The van der Waals surface area contributed by atoms with E-state index in [1.807, 2.05) is 30.4 Å². The molecule has 460 valence electrons. The molecule has 4 aliphatic carbocycles. The predicted molar refractivity (Wildman–Crippen MR) is 340 cm³/mol. The van der Waals surface area contributed by atoms with Crippen LogP contribution in [0.1, 0.15) is 151 Å². The topological polar surface area (TPSA) is 187 Å². The van der Waals surface area contributed by atoms with Crippen LogP contribution in [0.3, 0.4) is 0 Å². The van der Waals surface area contributed by atoms with Crippen LogP contribution in [-0.2, 0) is 64.9 Å². The summed E-state index contributed by atoms with van der Waals surface area (Å²) in [5.74, 6) is 9.46. The fraction of sp³-hybridized carbons (Fsp3) is 0.467. The average molecular weight is 1190 g/mol. The Kier molecular flexibility index (Phi) is 16.8. The molecule has 0 radical (unpaired) electrons. The number of nitrogens with one attached hydrogen (secondary N) is 2. The number of benzene rings is 5. The van der Waals surface area contributed by atoms with Crippen molar-refractivity contribution >= 4 is 22.7 Å². The summed E-state index contributed by atoms with van der Waals surface area (Å²) in [4.78, 5) is 0. The Balaban J connectivity index is 0.916. The van der Waals surface area contributed by atoms with E-state index >= 15 is 0 Å². The average Bonchev–Trinajstić information content (AvgIpc) is 1.29. The van der Waals surface area contributed by atoms with Gasteiger partial charge in [-0.05, 0) is 188 Å². The molecule has 9 aliphatic rings. The van der Waals surface area contributed by atoms with Crippen LogP contribution in [0.4, 0.5) is 0 Å². The van der Waals surface area contributed by atoms with Crippen LogP contribution in [0, 0.1) is 35.5 Å². The molecule has 0 amide bonds. The van der Waals surface area contributed by atoms with Crippen molar-refractivity contribution < 1.29 is 49.6 Å². The third kappa shape index (κ3) is 11.3. The zero-order valence-electron chi connectivity index (χ0n) is 50.6. The van der Waals surface area contributed by atoms with Crippen molar-refractivity contribution in [3.63, 3.8) is 0 Å². The Morgan fingerprint density at radius 1 is 0.818 bits per heavy atom. The summed E-state index contributed by atoms with van der Waals surface area (Å²) >= 11 is 0. The first-order valence-corrected chi connectivity index (χ1v) is 32.8. The van der Waals surface area contributed by atoms with Crippen LogP contribution < -0.4 is 15.4 Å². The van der Waals surface area contributed by atoms with Crippen molar-refractivity contribution in [1.82, 2.24) is 15.2 Å². The molecular formula is C75H85N3O10. The predicted octanol–water partition coefficient (Wildman–Crippen LogP) is 11.7. The molecule has 5 aromatic carbocycles. The van der Waals surface area contributed by atoms with E-state index in [1.54, 1.807) is 24.3 Å². The Morgan fingerprint density at radius 3 is 2.53 bits per heavy atom. The molecule has 6 aromatic rings. The number of phenolic OH excluding ortho intramolecular Hbond substituents is 3. The third-order valence-electron chi connectivity index (χ3n) is 21.3. The summed E-state index contributed by atoms with van der Waals surface area (Å²) in [6, 6.07) is 26.7. The molecule has 8 atom stereocenters. The van der Waals surface area contributed by atoms with Gasteiger partial charge < -0.3 is 59.5 Å². The Morgan fingerprint density at radius 2 is 1.68 bits per heavy atom. The third-order valence-corrected chi connectivity index (χ3v) is 21.3. The van der Waals surface area contributed by atoms with E-state index in [-0.39, 0.29) is 91.2 Å². The van der Waals surface area contributed by atoms with Gasteiger partial charge >= 0.3 is 0 Å². The number of aromatic hydroxyl groups is 3. The van der Waals surface area contributed by atoms with Crippen LogP contribution in [0.5, 0.6) is 23.0 Å². The summed E-state index contributed by atoms with van der Waals surface area (Å²) in [6.07, 6.45) is 25.7. The molecule has 2 fully saturated rings. The second kappa shape index (κ2) is 25.2. The molecule has 1 spiro atoms. The van der Waals surface area contributed by atoms with Crippen LogP contribution in [-0.4, -0.2) is 92.3 Å². The lowest BCUT2D eigenvalue weighted by Gasteiger charge is -2.63. The highest BCUT2D eigenvalue weighted by molar-refractivity contribution is 5.89. The van der Waals surface area contributed by atoms with E-state index in [0.717, 1.165) is 138 Å². The lowest BCUT2D eigenvalue weighted by atomic mass is 9.45. The van der Waals surface area contributed by atoms with E-state index in [2.05, 4.69) is 81.9 Å². The van der Waals surface area contributed by atoms with Crippen LogP contribution in [0.2, 0.25) is 0 Å². The summed E-state index contributed by atoms with van der Waals surface area (Å²) in [5.41, 5.74) is 13.1. The van der Waals surface area contributed by atoms with Gasteiger partial charge in [-0.2, -0.15) is 0 Å². The molecule has 13 heteroatoms. The SMILES string of the molecule is OCCCCOCNC1C=C2C#C[C@H](CCc3ccc(O)c(Cc4cccc(O)c4)c3)CCC[C@H]3C[C@H](O)[C@H]4C=Cc5c(c(CO)cc(O)c5OCc5cc([C@]67c8c9cccc8CC[C@H]6C6(CCCCC6)OC[C@H]7CC9)cc6cn(cc56)C(=C2CO3)N1)C4. The first kappa shape index (κ1) is 58.8. The number of unbranched alkanes of at least 4 members (excludes halogenated alkanes) is 1. The molecular weight excluding hydrogens is 1100 g/mol. The first-order valence-electron chi connectivity index (χ1n) is 32.8. The number of aryl methyl sites for hydroxylation is 3. The highest BCUT2D eigenvalue weighted by atomic mass is 16.5. The number of aliphatic hydroxyl groups excluding tert-OH is 3. The highest BCUT2D eigenvalue weighted by Gasteiger charge is 2.63. The number of dihydropyridines is 1. The molecule has 1 aromatic heterocycles. The normalized spacial score (nSPS) is 26.1. The smallest absolute Gasteiger partial charge is 0.168 e. The maximum absolute atomic E-state index is 12.4. The number of fused-ring (bicyclic) bond motifs is 3. The number of ether oxygens (including phenoxy) is 4. The molecule has 8 N–H and O–H groups in total.